The second-order valence-electron chi connectivity index (χ2n) is 5.09. The monoisotopic (exact) mass is 364 g/mol. The summed E-state index contributed by atoms with van der Waals surface area (Å²) in [6.07, 6.45) is 0. The minimum atomic E-state index is -0.529. The Morgan fingerprint density at radius 1 is 1.12 bits per heavy atom. The quantitative estimate of drug-likeness (QED) is 0.748. The fraction of sp³-hybridized carbons (Fsp3) is 0.222. The van der Waals surface area contributed by atoms with E-state index in [0.717, 1.165) is 12.1 Å². The van der Waals surface area contributed by atoms with E-state index in [1.165, 1.54) is 12.1 Å². The highest BCUT2D eigenvalue weighted by atomic mass is 35.5. The molecule has 0 saturated carbocycles. The number of hydrogen-bond donors (Lipinski definition) is 2. The predicted molar refractivity (Wildman–Crippen MR) is 95.9 cm³/mol. The van der Waals surface area contributed by atoms with Gasteiger partial charge in [-0.3, -0.25) is 4.79 Å². The van der Waals surface area contributed by atoms with Crippen LogP contribution in [0.4, 0.5) is 15.8 Å². The number of halogens is 2. The van der Waals surface area contributed by atoms with Crippen molar-refractivity contribution in [3.8, 4) is 0 Å². The summed E-state index contributed by atoms with van der Waals surface area (Å²) in [6, 6.07) is 8.33. The molecule has 2 aromatic carbocycles. The van der Waals surface area contributed by atoms with Gasteiger partial charge in [0.1, 0.15) is 5.82 Å². The van der Waals surface area contributed by atoms with Gasteiger partial charge in [0, 0.05) is 6.54 Å². The van der Waals surface area contributed by atoms with Crippen molar-refractivity contribution in [2.75, 3.05) is 23.8 Å². The highest BCUT2D eigenvalue weighted by Crippen LogP contribution is 2.26. The first-order chi connectivity index (χ1) is 12.0. The molecule has 1 amide bonds. The molecule has 0 radical (unpaired) electrons. The molecule has 5 nitrogen and oxygen atoms in total. The second-order valence-corrected chi connectivity index (χ2v) is 5.50. The lowest BCUT2D eigenvalue weighted by atomic mass is 10.1. The van der Waals surface area contributed by atoms with Crippen molar-refractivity contribution >= 4 is 34.9 Å². The molecule has 2 aromatic rings. The number of anilines is 2. The molecule has 0 unspecified atom stereocenters. The van der Waals surface area contributed by atoms with E-state index in [0.29, 0.717) is 23.5 Å². The topological polar surface area (TPSA) is 67.4 Å². The summed E-state index contributed by atoms with van der Waals surface area (Å²) in [5, 5.41) is 5.79. The van der Waals surface area contributed by atoms with Crippen molar-refractivity contribution in [3.63, 3.8) is 0 Å². The van der Waals surface area contributed by atoms with E-state index in [4.69, 9.17) is 16.3 Å². The summed E-state index contributed by atoms with van der Waals surface area (Å²) in [4.78, 5) is 24.3. The number of amides is 1. The Bertz CT molecular complexity index is 796. The van der Waals surface area contributed by atoms with Crippen LogP contribution in [0.25, 0.3) is 0 Å². The molecule has 0 aromatic heterocycles. The molecule has 2 rings (SSSR count). The maximum Gasteiger partial charge on any atom is 0.338 e. The van der Waals surface area contributed by atoms with Crippen LogP contribution < -0.4 is 10.6 Å². The van der Waals surface area contributed by atoms with Crippen molar-refractivity contribution in [2.24, 2.45) is 0 Å². The number of nitrogens with one attached hydrogen (secondary N) is 2. The van der Waals surface area contributed by atoms with E-state index in [2.05, 4.69) is 10.6 Å². The third-order valence-corrected chi connectivity index (χ3v) is 3.63. The van der Waals surface area contributed by atoms with Gasteiger partial charge in [-0.1, -0.05) is 11.6 Å². The molecule has 0 aliphatic rings. The van der Waals surface area contributed by atoms with E-state index < -0.39 is 17.7 Å². The summed E-state index contributed by atoms with van der Waals surface area (Å²) in [7, 11) is 0. The van der Waals surface area contributed by atoms with E-state index >= 15 is 0 Å². The van der Waals surface area contributed by atoms with Crippen LogP contribution in [-0.4, -0.2) is 25.0 Å². The molecular weight excluding hydrogens is 347 g/mol. The predicted octanol–water partition coefficient (Wildman–Crippen LogP) is 4.34. The van der Waals surface area contributed by atoms with Gasteiger partial charge in [0.2, 0.25) is 0 Å². The average Bonchev–Trinajstić information content (AvgIpc) is 2.56. The standard InChI is InChI=1S/C18H18ClFN2O3/c1-3-21-15-8-5-11(18(24)25-4-2)9-16(15)22-17(23)13-7-6-12(20)10-14(13)19/h5-10,21H,3-4H2,1-2H3,(H,22,23). The van der Waals surface area contributed by atoms with Gasteiger partial charge in [-0.2, -0.15) is 0 Å². The van der Waals surface area contributed by atoms with Crippen LogP contribution in [0.2, 0.25) is 5.02 Å². The minimum Gasteiger partial charge on any atom is -0.462 e. The van der Waals surface area contributed by atoms with Crippen molar-refractivity contribution in [2.45, 2.75) is 13.8 Å². The van der Waals surface area contributed by atoms with Crippen molar-refractivity contribution in [1.29, 1.82) is 0 Å². The average molecular weight is 365 g/mol. The molecule has 0 spiro atoms. The van der Waals surface area contributed by atoms with Gasteiger partial charge in [0.05, 0.1) is 34.1 Å². The van der Waals surface area contributed by atoms with Crippen molar-refractivity contribution in [1.82, 2.24) is 0 Å². The SMILES string of the molecule is CCNc1ccc(C(=O)OCC)cc1NC(=O)c1ccc(F)cc1Cl. The number of carbonyl (C=O) groups excluding carboxylic acids is 2. The zero-order valence-corrected chi connectivity index (χ0v) is 14.6. The van der Waals surface area contributed by atoms with Crippen LogP contribution in [0.1, 0.15) is 34.6 Å². The number of esters is 1. The lowest BCUT2D eigenvalue weighted by Gasteiger charge is -2.14. The van der Waals surface area contributed by atoms with Gasteiger partial charge >= 0.3 is 5.97 Å². The van der Waals surface area contributed by atoms with Gasteiger partial charge in [-0.25, -0.2) is 9.18 Å². The summed E-state index contributed by atoms with van der Waals surface area (Å²) in [5.41, 5.74) is 1.48. The molecule has 7 heteroatoms. The summed E-state index contributed by atoms with van der Waals surface area (Å²) < 4.78 is 18.1. The Morgan fingerprint density at radius 3 is 2.52 bits per heavy atom. The number of rotatable bonds is 6. The van der Waals surface area contributed by atoms with E-state index in [1.807, 2.05) is 6.92 Å². The Kier molecular flexibility index (Phi) is 6.36. The number of benzene rings is 2. The highest BCUT2D eigenvalue weighted by molar-refractivity contribution is 6.34. The molecule has 0 saturated heterocycles. The van der Waals surface area contributed by atoms with Crippen molar-refractivity contribution in [3.05, 3.63) is 58.4 Å². The van der Waals surface area contributed by atoms with Gasteiger partial charge in [-0.05, 0) is 50.2 Å². The Balaban J connectivity index is 2.33. The number of hydrogen-bond acceptors (Lipinski definition) is 4. The van der Waals surface area contributed by atoms with Crippen LogP contribution in [0.5, 0.6) is 0 Å². The van der Waals surface area contributed by atoms with Gasteiger partial charge in [0.15, 0.2) is 0 Å². The summed E-state index contributed by atoms with van der Waals surface area (Å²) >= 11 is 5.92. The second kappa shape index (κ2) is 8.48. The molecule has 0 atom stereocenters. The molecule has 0 fully saturated rings. The Hall–Kier alpha value is -2.60. The first-order valence-electron chi connectivity index (χ1n) is 7.77. The van der Waals surface area contributed by atoms with Gasteiger partial charge < -0.3 is 15.4 Å². The Labute approximate surface area is 150 Å². The third-order valence-electron chi connectivity index (χ3n) is 3.32. The normalized spacial score (nSPS) is 10.2. The fourth-order valence-electron chi connectivity index (χ4n) is 2.20. The zero-order chi connectivity index (χ0) is 18.4. The number of ether oxygens (including phenoxy) is 1. The summed E-state index contributed by atoms with van der Waals surface area (Å²) in [6.45, 7) is 4.49. The largest absolute Gasteiger partial charge is 0.462 e. The van der Waals surface area contributed by atoms with E-state index in [1.54, 1.807) is 19.1 Å². The zero-order valence-electron chi connectivity index (χ0n) is 13.9. The third kappa shape index (κ3) is 4.70. The lowest BCUT2D eigenvalue weighted by Crippen LogP contribution is -2.15. The Morgan fingerprint density at radius 2 is 1.88 bits per heavy atom. The van der Waals surface area contributed by atoms with Crippen LogP contribution >= 0.6 is 11.6 Å². The van der Waals surface area contributed by atoms with E-state index in [-0.39, 0.29) is 17.2 Å². The van der Waals surface area contributed by atoms with Gasteiger partial charge in [0.25, 0.3) is 5.91 Å². The molecule has 0 aliphatic heterocycles. The highest BCUT2D eigenvalue weighted by Gasteiger charge is 2.15. The lowest BCUT2D eigenvalue weighted by molar-refractivity contribution is 0.0526. The summed E-state index contributed by atoms with van der Waals surface area (Å²) in [5.74, 6) is -1.52. The van der Waals surface area contributed by atoms with Gasteiger partial charge in [-0.15, -0.1) is 0 Å². The first kappa shape index (κ1) is 18.7. The molecule has 0 bridgehead atoms. The van der Waals surface area contributed by atoms with Crippen LogP contribution in [0.15, 0.2) is 36.4 Å². The molecular formula is C18H18ClFN2O3. The molecule has 2 N–H and O–H groups in total. The molecule has 0 heterocycles. The maximum absolute atomic E-state index is 13.1. The first-order valence-corrected chi connectivity index (χ1v) is 8.15. The fourth-order valence-corrected chi connectivity index (χ4v) is 2.45. The molecule has 0 aliphatic carbocycles. The minimum absolute atomic E-state index is 0.00375. The smallest absolute Gasteiger partial charge is 0.338 e. The maximum atomic E-state index is 13.1. The molecule has 132 valence electrons. The van der Waals surface area contributed by atoms with E-state index in [9.17, 15) is 14.0 Å². The van der Waals surface area contributed by atoms with Crippen LogP contribution in [-0.2, 0) is 4.74 Å². The number of carbonyl (C=O) groups is 2. The van der Waals surface area contributed by atoms with Crippen LogP contribution in [0, 0.1) is 5.82 Å². The van der Waals surface area contributed by atoms with Crippen LogP contribution in [0.3, 0.4) is 0 Å². The molecule has 25 heavy (non-hydrogen) atoms. The van der Waals surface area contributed by atoms with Crippen molar-refractivity contribution < 1.29 is 18.7 Å².